The molecular formula is C12H26N2O2. The zero-order valence-electron chi connectivity index (χ0n) is 10.8. The van der Waals surface area contributed by atoms with Crippen LogP contribution in [0.3, 0.4) is 0 Å². The second kappa shape index (κ2) is 10.7. The van der Waals surface area contributed by atoms with Gasteiger partial charge < -0.3 is 15.4 Å². The van der Waals surface area contributed by atoms with E-state index >= 15 is 0 Å². The summed E-state index contributed by atoms with van der Waals surface area (Å²) >= 11 is 0. The van der Waals surface area contributed by atoms with Gasteiger partial charge in [0.05, 0.1) is 0 Å². The second-order valence-electron chi connectivity index (χ2n) is 4.14. The van der Waals surface area contributed by atoms with E-state index in [0.29, 0.717) is 13.2 Å². The highest BCUT2D eigenvalue weighted by Gasteiger charge is 2.05. The van der Waals surface area contributed by atoms with E-state index in [-0.39, 0.29) is 12.1 Å². The van der Waals surface area contributed by atoms with Crippen molar-refractivity contribution in [2.45, 2.75) is 52.0 Å². The Hall–Kier alpha value is -0.770. The number of nitrogens with one attached hydrogen (secondary N) is 2. The third kappa shape index (κ3) is 9.77. The van der Waals surface area contributed by atoms with Crippen molar-refractivity contribution in [3.8, 4) is 0 Å². The first-order valence-electron chi connectivity index (χ1n) is 6.24. The lowest BCUT2D eigenvalue weighted by atomic mass is 10.1. The highest BCUT2D eigenvalue weighted by molar-refractivity contribution is 5.74. The van der Waals surface area contributed by atoms with Gasteiger partial charge in [0, 0.05) is 26.3 Å². The largest absolute Gasteiger partial charge is 0.385 e. The first-order valence-corrected chi connectivity index (χ1v) is 6.24. The van der Waals surface area contributed by atoms with E-state index in [9.17, 15) is 4.79 Å². The fraction of sp³-hybridized carbons (Fsp3) is 0.917. The third-order valence-electron chi connectivity index (χ3n) is 2.43. The van der Waals surface area contributed by atoms with Gasteiger partial charge in [-0.3, -0.25) is 0 Å². The molecule has 0 radical (unpaired) electrons. The number of ether oxygens (including phenoxy) is 1. The summed E-state index contributed by atoms with van der Waals surface area (Å²) in [6.45, 7) is 5.58. The maximum Gasteiger partial charge on any atom is 0.314 e. The molecular weight excluding hydrogens is 204 g/mol. The van der Waals surface area contributed by atoms with E-state index < -0.39 is 0 Å². The number of unbranched alkanes of at least 4 members (excludes halogenated alkanes) is 2. The SMILES string of the molecule is CCCCCC(C)NC(=O)NCCCOC. The average molecular weight is 230 g/mol. The van der Waals surface area contributed by atoms with Gasteiger partial charge in [-0.05, 0) is 19.8 Å². The zero-order chi connectivity index (χ0) is 12.2. The Bertz CT molecular complexity index is 174. The van der Waals surface area contributed by atoms with Gasteiger partial charge in [0.2, 0.25) is 0 Å². The van der Waals surface area contributed by atoms with E-state index in [1.165, 1.54) is 19.3 Å². The highest BCUT2D eigenvalue weighted by atomic mass is 16.5. The first-order chi connectivity index (χ1) is 7.70. The molecule has 0 aliphatic carbocycles. The van der Waals surface area contributed by atoms with Gasteiger partial charge in [-0.2, -0.15) is 0 Å². The zero-order valence-corrected chi connectivity index (χ0v) is 10.8. The highest BCUT2D eigenvalue weighted by Crippen LogP contribution is 2.02. The molecule has 4 heteroatoms. The standard InChI is InChI=1S/C12H26N2O2/c1-4-5-6-8-11(2)14-12(15)13-9-7-10-16-3/h11H,4-10H2,1-3H3,(H2,13,14,15). The van der Waals surface area contributed by atoms with Crippen molar-refractivity contribution in [3.05, 3.63) is 0 Å². The number of urea groups is 1. The van der Waals surface area contributed by atoms with Crippen LogP contribution in [0.5, 0.6) is 0 Å². The predicted molar refractivity (Wildman–Crippen MR) is 66.6 cm³/mol. The molecule has 0 aromatic rings. The van der Waals surface area contributed by atoms with Gasteiger partial charge in [0.15, 0.2) is 0 Å². The molecule has 0 bridgehead atoms. The summed E-state index contributed by atoms with van der Waals surface area (Å²) in [6, 6.07) is 0.189. The fourth-order valence-corrected chi connectivity index (χ4v) is 1.47. The average Bonchev–Trinajstić information content (AvgIpc) is 2.25. The summed E-state index contributed by atoms with van der Waals surface area (Å²) < 4.78 is 4.90. The van der Waals surface area contributed by atoms with E-state index in [4.69, 9.17) is 4.74 Å². The van der Waals surface area contributed by atoms with Gasteiger partial charge in [-0.15, -0.1) is 0 Å². The van der Waals surface area contributed by atoms with Crippen molar-refractivity contribution < 1.29 is 9.53 Å². The van der Waals surface area contributed by atoms with Crippen molar-refractivity contribution >= 4 is 6.03 Å². The summed E-state index contributed by atoms with van der Waals surface area (Å²) in [5.74, 6) is 0. The molecule has 0 rings (SSSR count). The molecule has 16 heavy (non-hydrogen) atoms. The summed E-state index contributed by atoms with van der Waals surface area (Å²) in [5, 5.41) is 5.73. The van der Waals surface area contributed by atoms with E-state index in [1.54, 1.807) is 7.11 Å². The van der Waals surface area contributed by atoms with Crippen molar-refractivity contribution in [3.63, 3.8) is 0 Å². The van der Waals surface area contributed by atoms with Crippen LogP contribution in [0.4, 0.5) is 4.79 Å². The van der Waals surface area contributed by atoms with Crippen molar-refractivity contribution in [2.24, 2.45) is 0 Å². The molecule has 0 saturated heterocycles. The number of hydrogen-bond donors (Lipinski definition) is 2. The molecule has 0 aliphatic heterocycles. The molecule has 1 atom stereocenters. The van der Waals surface area contributed by atoms with Gasteiger partial charge >= 0.3 is 6.03 Å². The smallest absolute Gasteiger partial charge is 0.314 e. The summed E-state index contributed by atoms with van der Waals surface area (Å²) in [6.07, 6.45) is 5.55. The molecule has 1 unspecified atom stereocenters. The monoisotopic (exact) mass is 230 g/mol. The molecule has 2 N–H and O–H groups in total. The topological polar surface area (TPSA) is 50.4 Å². The van der Waals surface area contributed by atoms with Crippen LogP contribution in [0, 0.1) is 0 Å². The number of methoxy groups -OCH3 is 1. The molecule has 0 fully saturated rings. The van der Waals surface area contributed by atoms with Crippen LogP contribution >= 0.6 is 0 Å². The lowest BCUT2D eigenvalue weighted by Crippen LogP contribution is -2.41. The number of hydrogen-bond acceptors (Lipinski definition) is 2. The molecule has 0 saturated carbocycles. The van der Waals surface area contributed by atoms with Crippen LogP contribution in [0.25, 0.3) is 0 Å². The quantitative estimate of drug-likeness (QED) is 0.597. The predicted octanol–water partition coefficient (Wildman–Crippen LogP) is 2.29. The number of amides is 2. The van der Waals surface area contributed by atoms with E-state index in [0.717, 1.165) is 12.8 Å². The van der Waals surface area contributed by atoms with Crippen molar-refractivity contribution in [1.29, 1.82) is 0 Å². The Balaban J connectivity index is 3.39. The van der Waals surface area contributed by atoms with Gasteiger partial charge in [0.1, 0.15) is 0 Å². The fourth-order valence-electron chi connectivity index (χ4n) is 1.47. The summed E-state index contributed by atoms with van der Waals surface area (Å²) in [4.78, 5) is 11.4. The third-order valence-corrected chi connectivity index (χ3v) is 2.43. The minimum atomic E-state index is -0.0694. The van der Waals surface area contributed by atoms with Crippen LogP contribution in [-0.2, 0) is 4.74 Å². The number of carbonyl (C=O) groups is 1. The molecule has 96 valence electrons. The van der Waals surface area contributed by atoms with Crippen LogP contribution in [0.1, 0.15) is 46.0 Å². The van der Waals surface area contributed by atoms with Gasteiger partial charge in [-0.25, -0.2) is 4.79 Å². The molecule has 0 aromatic heterocycles. The minimum Gasteiger partial charge on any atom is -0.385 e. The number of rotatable bonds is 9. The maximum atomic E-state index is 11.4. The Labute approximate surface area is 99.1 Å². The van der Waals surface area contributed by atoms with Crippen LogP contribution < -0.4 is 10.6 Å². The van der Waals surface area contributed by atoms with Gasteiger partial charge in [0.25, 0.3) is 0 Å². The normalized spacial score (nSPS) is 12.2. The Morgan fingerprint density at radius 2 is 2.06 bits per heavy atom. The van der Waals surface area contributed by atoms with Gasteiger partial charge in [-0.1, -0.05) is 26.2 Å². The molecule has 0 heterocycles. The molecule has 0 aromatic carbocycles. The summed E-state index contributed by atoms with van der Waals surface area (Å²) in [5.41, 5.74) is 0. The van der Waals surface area contributed by atoms with Crippen molar-refractivity contribution in [2.75, 3.05) is 20.3 Å². The lowest BCUT2D eigenvalue weighted by molar-refractivity contribution is 0.193. The molecule has 0 aliphatic rings. The lowest BCUT2D eigenvalue weighted by Gasteiger charge is -2.14. The molecule has 4 nitrogen and oxygen atoms in total. The maximum absolute atomic E-state index is 11.4. The summed E-state index contributed by atoms with van der Waals surface area (Å²) in [7, 11) is 1.66. The van der Waals surface area contributed by atoms with E-state index in [2.05, 4.69) is 17.6 Å². The molecule has 0 spiro atoms. The molecule has 2 amide bonds. The Morgan fingerprint density at radius 1 is 1.31 bits per heavy atom. The first kappa shape index (κ1) is 15.2. The van der Waals surface area contributed by atoms with Crippen LogP contribution in [0.2, 0.25) is 0 Å². The van der Waals surface area contributed by atoms with E-state index in [1.807, 2.05) is 6.92 Å². The Kier molecular flexibility index (Phi) is 10.2. The van der Waals surface area contributed by atoms with Crippen molar-refractivity contribution in [1.82, 2.24) is 10.6 Å². The number of carbonyl (C=O) groups excluding carboxylic acids is 1. The van der Waals surface area contributed by atoms with Crippen LogP contribution in [0.15, 0.2) is 0 Å². The minimum absolute atomic E-state index is 0.0694. The van der Waals surface area contributed by atoms with Crippen LogP contribution in [-0.4, -0.2) is 32.3 Å². The Morgan fingerprint density at radius 3 is 2.69 bits per heavy atom. The second-order valence-corrected chi connectivity index (χ2v) is 4.14.